The predicted molar refractivity (Wildman–Crippen MR) is 183 cm³/mol. The molecule has 1 aliphatic rings. The molecule has 0 radical (unpaired) electrons. The number of aromatic nitrogens is 2. The van der Waals surface area contributed by atoms with Crippen LogP contribution in [-0.2, 0) is 25.2 Å². The van der Waals surface area contributed by atoms with Crippen molar-refractivity contribution in [1.29, 1.82) is 0 Å². The molecule has 2 unspecified atom stereocenters. The summed E-state index contributed by atoms with van der Waals surface area (Å²) in [5.74, 6) is 0. The van der Waals surface area contributed by atoms with Crippen molar-refractivity contribution in [3.63, 3.8) is 0 Å². The zero-order valence-corrected chi connectivity index (χ0v) is 25.6. The van der Waals surface area contributed by atoms with Crippen molar-refractivity contribution in [1.82, 2.24) is 9.13 Å². The fraction of sp³-hybridized carbons (Fsp3) is 0.150. The Morgan fingerprint density at radius 2 is 1.05 bits per heavy atom. The number of hydrogen-bond acceptors (Lipinski definition) is 2. The first-order chi connectivity index (χ1) is 21.5. The summed E-state index contributed by atoms with van der Waals surface area (Å²) in [5, 5.41) is 11.0. The largest absolute Gasteiger partial charge is 0.369 e. The summed E-state index contributed by atoms with van der Waals surface area (Å²) in [7, 11) is 4.39. The van der Waals surface area contributed by atoms with Crippen molar-refractivity contribution in [2.45, 2.75) is 24.9 Å². The molecule has 216 valence electrons. The van der Waals surface area contributed by atoms with Crippen molar-refractivity contribution in [3.05, 3.63) is 167 Å². The van der Waals surface area contributed by atoms with Gasteiger partial charge in [-0.1, -0.05) is 103 Å². The van der Waals surface area contributed by atoms with Crippen LogP contribution in [0.25, 0.3) is 21.8 Å². The van der Waals surface area contributed by atoms with Gasteiger partial charge in [0, 0.05) is 75.4 Å². The van der Waals surface area contributed by atoms with Gasteiger partial charge in [-0.2, -0.15) is 0 Å². The van der Waals surface area contributed by atoms with Gasteiger partial charge in [0.25, 0.3) is 0 Å². The van der Waals surface area contributed by atoms with E-state index in [1.807, 2.05) is 0 Å². The lowest BCUT2D eigenvalue weighted by molar-refractivity contribution is 0.411. The second-order valence-electron chi connectivity index (χ2n) is 12.1. The molecule has 5 aromatic carbocycles. The Labute approximate surface area is 258 Å². The fourth-order valence-corrected chi connectivity index (χ4v) is 8.06. The summed E-state index contributed by atoms with van der Waals surface area (Å²) < 4.78 is 4.70. The monoisotopic (exact) mass is 572 g/mol. The average molecular weight is 573 g/mol. The van der Waals surface area contributed by atoms with E-state index in [1.54, 1.807) is 0 Å². The van der Waals surface area contributed by atoms with Crippen molar-refractivity contribution in [2.75, 3.05) is 10.6 Å². The topological polar surface area (TPSA) is 33.9 Å². The van der Waals surface area contributed by atoms with Gasteiger partial charge in [-0.05, 0) is 49.7 Å². The summed E-state index contributed by atoms with van der Waals surface area (Å²) in [5.41, 5.74) is 10.5. The van der Waals surface area contributed by atoms with E-state index in [0.717, 1.165) is 11.4 Å². The number of anilines is 2. The van der Waals surface area contributed by atoms with E-state index in [-0.39, 0.29) is 0 Å². The lowest BCUT2D eigenvalue weighted by Crippen LogP contribution is -2.56. The summed E-state index contributed by atoms with van der Waals surface area (Å²) >= 11 is 0. The molecule has 0 fully saturated rings. The second kappa shape index (κ2) is 9.65. The van der Waals surface area contributed by atoms with Crippen LogP contribution in [0.5, 0.6) is 0 Å². The van der Waals surface area contributed by atoms with Gasteiger partial charge >= 0.3 is 0 Å². The van der Waals surface area contributed by atoms with Gasteiger partial charge in [0.05, 0.1) is 0 Å². The van der Waals surface area contributed by atoms with Crippen molar-refractivity contribution < 1.29 is 0 Å². The van der Waals surface area contributed by atoms with Crippen LogP contribution in [0, 0.1) is 13.8 Å². The molecule has 2 N–H and O–H groups in total. The highest BCUT2D eigenvalue weighted by Crippen LogP contribution is 2.62. The number of hydrogen-bond donors (Lipinski definition) is 2. The molecule has 2 atom stereocenters. The lowest BCUT2D eigenvalue weighted by Gasteiger charge is -2.49. The SMILES string of the molecule is Cc1c(C2(c3ccccc3)Nc3ccccc3C2(Nc2ccccc2)c2c(C)n(C)c3ccccc23)c2ccccc2n1C. The molecule has 7 aromatic rings. The Kier molecular flexibility index (Phi) is 5.79. The number of benzene rings is 5. The molecule has 8 rings (SSSR count). The van der Waals surface area contributed by atoms with Crippen LogP contribution in [0.2, 0.25) is 0 Å². The highest BCUT2D eigenvalue weighted by atomic mass is 15.2. The van der Waals surface area contributed by atoms with E-state index in [2.05, 4.69) is 181 Å². The highest BCUT2D eigenvalue weighted by Gasteiger charge is 2.63. The second-order valence-corrected chi connectivity index (χ2v) is 12.1. The molecule has 0 saturated heterocycles. The normalized spacial score (nSPS) is 19.3. The van der Waals surface area contributed by atoms with Gasteiger partial charge in [-0.25, -0.2) is 0 Å². The summed E-state index contributed by atoms with van der Waals surface area (Å²) in [6.45, 7) is 4.55. The zero-order valence-electron chi connectivity index (χ0n) is 25.6. The summed E-state index contributed by atoms with van der Waals surface area (Å²) in [4.78, 5) is 0. The standard InChI is InChI=1S/C40H36N4/c1-27-37(31-21-11-15-25-35(31)43(27)3)39(29-17-7-5-8-18-29)40(41-30-19-9-6-10-20-30,33-23-13-14-24-34(33)42-39)38-28(2)44(4)36-26-16-12-22-32(36)38/h5-26,41-42H,1-4H3. The number of fused-ring (bicyclic) bond motifs is 3. The smallest absolute Gasteiger partial charge is 0.124 e. The van der Waals surface area contributed by atoms with Crippen molar-refractivity contribution >= 4 is 33.2 Å². The molecule has 0 spiro atoms. The maximum absolute atomic E-state index is 4.28. The molecule has 0 amide bonds. The van der Waals surface area contributed by atoms with Gasteiger partial charge in [0.1, 0.15) is 11.1 Å². The van der Waals surface area contributed by atoms with Gasteiger partial charge in [0.2, 0.25) is 0 Å². The molecule has 3 heterocycles. The van der Waals surface area contributed by atoms with Gasteiger partial charge < -0.3 is 19.8 Å². The van der Waals surface area contributed by atoms with Crippen LogP contribution in [-0.4, -0.2) is 9.13 Å². The number of rotatable bonds is 5. The quantitative estimate of drug-likeness (QED) is 0.216. The molecule has 0 aliphatic carbocycles. The van der Waals surface area contributed by atoms with E-state index in [9.17, 15) is 0 Å². The number of nitrogens with one attached hydrogen (secondary N) is 2. The Hall–Kier alpha value is -5.22. The number of nitrogens with zero attached hydrogens (tertiary/aromatic N) is 2. The van der Waals surface area contributed by atoms with Crippen LogP contribution in [0.3, 0.4) is 0 Å². The average Bonchev–Trinajstić information content (AvgIpc) is 3.61. The number of para-hydroxylation sites is 4. The summed E-state index contributed by atoms with van der Waals surface area (Å²) in [6, 6.07) is 48.3. The van der Waals surface area contributed by atoms with Gasteiger partial charge in [0.15, 0.2) is 0 Å². The third-order valence-corrected chi connectivity index (χ3v) is 10.1. The molecule has 4 heteroatoms. The fourth-order valence-electron chi connectivity index (χ4n) is 8.06. The van der Waals surface area contributed by atoms with E-state index < -0.39 is 11.1 Å². The van der Waals surface area contributed by atoms with Crippen LogP contribution in [0.1, 0.15) is 33.6 Å². The first kappa shape index (κ1) is 26.4. The first-order valence-electron chi connectivity index (χ1n) is 15.3. The summed E-state index contributed by atoms with van der Waals surface area (Å²) in [6.07, 6.45) is 0. The Bertz CT molecular complexity index is 2170. The van der Waals surface area contributed by atoms with E-state index in [4.69, 9.17) is 0 Å². The minimum absolute atomic E-state index is 0.742. The molecule has 4 nitrogen and oxygen atoms in total. The van der Waals surface area contributed by atoms with Crippen LogP contribution in [0.4, 0.5) is 11.4 Å². The third-order valence-electron chi connectivity index (χ3n) is 10.1. The molecular weight excluding hydrogens is 536 g/mol. The Morgan fingerprint density at radius 1 is 0.545 bits per heavy atom. The molecule has 0 bridgehead atoms. The Balaban J connectivity index is 1.65. The van der Waals surface area contributed by atoms with E-state index in [1.165, 1.54) is 55.4 Å². The van der Waals surface area contributed by atoms with Crippen molar-refractivity contribution in [2.24, 2.45) is 14.1 Å². The van der Waals surface area contributed by atoms with Crippen LogP contribution in [0.15, 0.2) is 133 Å². The van der Waals surface area contributed by atoms with E-state index >= 15 is 0 Å². The molecule has 2 aromatic heterocycles. The molecule has 44 heavy (non-hydrogen) atoms. The first-order valence-corrected chi connectivity index (χ1v) is 15.3. The highest BCUT2D eigenvalue weighted by molar-refractivity contribution is 5.95. The molecule has 0 saturated carbocycles. The maximum Gasteiger partial charge on any atom is 0.124 e. The maximum atomic E-state index is 4.28. The third kappa shape index (κ3) is 3.34. The van der Waals surface area contributed by atoms with Crippen LogP contribution >= 0.6 is 0 Å². The molecular formula is C40H36N4. The van der Waals surface area contributed by atoms with Gasteiger partial charge in [-0.15, -0.1) is 0 Å². The molecule has 1 aliphatic heterocycles. The van der Waals surface area contributed by atoms with Gasteiger partial charge in [-0.3, -0.25) is 0 Å². The lowest BCUT2D eigenvalue weighted by atomic mass is 9.62. The Morgan fingerprint density at radius 3 is 1.70 bits per heavy atom. The minimum Gasteiger partial charge on any atom is -0.369 e. The van der Waals surface area contributed by atoms with Crippen molar-refractivity contribution in [3.8, 4) is 0 Å². The predicted octanol–water partition coefficient (Wildman–Crippen LogP) is 9.01. The number of aryl methyl sites for hydroxylation is 2. The van der Waals surface area contributed by atoms with E-state index in [0.29, 0.717) is 0 Å². The van der Waals surface area contributed by atoms with Crippen LogP contribution < -0.4 is 10.6 Å². The zero-order chi connectivity index (χ0) is 30.1. The minimum atomic E-state index is -0.758.